The molecule has 0 spiro atoms. The molecule has 8 aromatic carbocycles. The molecule has 3 nitrogen and oxygen atoms in total. The van der Waals surface area contributed by atoms with E-state index in [0.717, 1.165) is 54.7 Å². The number of para-hydroxylation sites is 2. The van der Waals surface area contributed by atoms with Gasteiger partial charge in [-0.1, -0.05) is 90.0 Å². The van der Waals surface area contributed by atoms with E-state index < -0.39 is 11.7 Å². The number of nitriles is 1. The highest BCUT2D eigenvalue weighted by atomic mass is 19.4. The molecule has 2 aromatic heterocycles. The number of rotatable bonds is 5. The molecule has 0 fully saturated rings. The van der Waals surface area contributed by atoms with E-state index >= 15 is 0 Å². The molecule has 0 aliphatic heterocycles. The molecule has 63 heavy (non-hydrogen) atoms. The van der Waals surface area contributed by atoms with E-state index in [4.69, 9.17) is 0 Å². The second-order valence-corrected chi connectivity index (χ2v) is 17.3. The van der Waals surface area contributed by atoms with Crippen molar-refractivity contribution >= 4 is 43.6 Å². The molecule has 0 N–H and O–H groups in total. The third kappa shape index (κ3) is 6.50. The maximum atomic E-state index is 14.5. The molecule has 0 saturated heterocycles. The first-order valence-corrected chi connectivity index (χ1v) is 21.2. The van der Waals surface area contributed by atoms with Gasteiger partial charge in [0.25, 0.3) is 0 Å². The molecule has 0 unspecified atom stereocenters. The summed E-state index contributed by atoms with van der Waals surface area (Å²) in [6.45, 7) is 14.5. The van der Waals surface area contributed by atoms with E-state index in [1.54, 1.807) is 13.0 Å². The van der Waals surface area contributed by atoms with Crippen LogP contribution in [0.5, 0.6) is 0 Å². The Morgan fingerprint density at radius 3 is 1.24 bits per heavy atom. The molecular weight excluding hydrogens is 784 g/mol. The van der Waals surface area contributed by atoms with Gasteiger partial charge >= 0.3 is 6.18 Å². The summed E-state index contributed by atoms with van der Waals surface area (Å²) in [5.74, 6) is 0. The van der Waals surface area contributed by atoms with E-state index in [9.17, 15) is 18.4 Å². The third-order valence-corrected chi connectivity index (χ3v) is 12.7. The summed E-state index contributed by atoms with van der Waals surface area (Å²) in [6.07, 6.45) is -4.55. The van der Waals surface area contributed by atoms with Gasteiger partial charge in [-0.2, -0.15) is 18.4 Å². The zero-order valence-electron chi connectivity index (χ0n) is 36.3. The number of aromatic nitrogens is 2. The fourth-order valence-electron chi connectivity index (χ4n) is 10.4. The average Bonchev–Trinajstić information content (AvgIpc) is 3.74. The van der Waals surface area contributed by atoms with E-state index in [0.29, 0.717) is 33.6 Å². The lowest BCUT2D eigenvalue weighted by Crippen LogP contribution is -2.07. The van der Waals surface area contributed by atoms with Gasteiger partial charge < -0.3 is 9.13 Å². The highest BCUT2D eigenvalue weighted by molar-refractivity contribution is 6.12. The first-order valence-electron chi connectivity index (χ1n) is 21.2. The number of halogens is 3. The first kappa shape index (κ1) is 39.8. The summed E-state index contributed by atoms with van der Waals surface area (Å²) >= 11 is 0. The summed E-state index contributed by atoms with van der Waals surface area (Å²) in [4.78, 5) is 0. The molecular formula is C57H44F3N3. The van der Waals surface area contributed by atoms with Crippen molar-refractivity contribution in [3.63, 3.8) is 0 Å². The number of alkyl halides is 3. The van der Waals surface area contributed by atoms with Crippen LogP contribution in [0.2, 0.25) is 0 Å². The van der Waals surface area contributed by atoms with Gasteiger partial charge in [-0.05, 0) is 170 Å². The number of hydrogen-bond acceptors (Lipinski definition) is 1. The smallest absolute Gasteiger partial charge is 0.308 e. The standard InChI is InChI=1S/C57H44F3N3/c1-32-20-35(4)55(36(5)21-32)39-16-18-51-46(27-39)44-12-8-10-14-49(44)62(51)53-29-42(41-24-34(3)25-43(26-41)57(58,59)60)30-54(48(53)31-61)63-50-15-11-9-13-45(50)47-28-40(17-19-52(47)63)56-37(6)22-33(2)23-38(56)7/h8-30H,1-7H3. The molecule has 0 radical (unpaired) electrons. The molecule has 308 valence electrons. The van der Waals surface area contributed by atoms with Crippen molar-refractivity contribution in [2.75, 3.05) is 0 Å². The molecule has 0 saturated carbocycles. The van der Waals surface area contributed by atoms with Crippen LogP contribution in [0.25, 0.3) is 88.4 Å². The monoisotopic (exact) mass is 827 g/mol. The van der Waals surface area contributed by atoms with Crippen LogP contribution in [0.4, 0.5) is 13.2 Å². The molecule has 10 rings (SSSR count). The Labute approximate surface area is 364 Å². The van der Waals surface area contributed by atoms with Crippen molar-refractivity contribution in [1.82, 2.24) is 9.13 Å². The minimum Gasteiger partial charge on any atom is -0.308 e. The fourth-order valence-corrected chi connectivity index (χ4v) is 10.4. The lowest BCUT2D eigenvalue weighted by atomic mass is 9.93. The number of fused-ring (bicyclic) bond motifs is 6. The Hall–Kier alpha value is -7.36. The second kappa shape index (κ2) is 14.6. The Morgan fingerprint density at radius 1 is 0.413 bits per heavy atom. The van der Waals surface area contributed by atoms with E-state index in [-0.39, 0.29) is 0 Å². The molecule has 6 heteroatoms. The van der Waals surface area contributed by atoms with Crippen LogP contribution < -0.4 is 0 Å². The number of aryl methyl sites for hydroxylation is 7. The third-order valence-electron chi connectivity index (χ3n) is 12.7. The Kier molecular flexibility index (Phi) is 9.24. The van der Waals surface area contributed by atoms with Crippen LogP contribution in [0.1, 0.15) is 50.1 Å². The van der Waals surface area contributed by atoms with E-state index in [2.05, 4.69) is 142 Å². The normalized spacial score (nSPS) is 12.0. The average molecular weight is 828 g/mol. The zero-order valence-corrected chi connectivity index (χ0v) is 36.3. The minimum absolute atomic E-state index is 0.399. The lowest BCUT2D eigenvalue weighted by Gasteiger charge is -2.19. The van der Waals surface area contributed by atoms with Crippen LogP contribution in [-0.2, 0) is 6.18 Å². The van der Waals surface area contributed by atoms with Crippen LogP contribution in [0, 0.1) is 59.8 Å². The van der Waals surface area contributed by atoms with Crippen molar-refractivity contribution < 1.29 is 13.2 Å². The Balaban J connectivity index is 1.31. The van der Waals surface area contributed by atoms with Crippen molar-refractivity contribution in [3.8, 4) is 50.8 Å². The molecule has 0 atom stereocenters. The van der Waals surface area contributed by atoms with Gasteiger partial charge in [0.15, 0.2) is 0 Å². The summed E-state index contributed by atoms with van der Waals surface area (Å²) in [5, 5.41) is 15.5. The van der Waals surface area contributed by atoms with Gasteiger partial charge in [-0.25, -0.2) is 0 Å². The van der Waals surface area contributed by atoms with E-state index in [1.165, 1.54) is 56.6 Å². The van der Waals surface area contributed by atoms with E-state index in [1.807, 2.05) is 36.4 Å². The van der Waals surface area contributed by atoms with Gasteiger partial charge in [0, 0.05) is 21.5 Å². The molecule has 10 aromatic rings. The maximum Gasteiger partial charge on any atom is 0.416 e. The summed E-state index contributed by atoms with van der Waals surface area (Å²) < 4.78 is 47.7. The number of nitrogens with zero attached hydrogens (tertiary/aromatic N) is 3. The summed E-state index contributed by atoms with van der Waals surface area (Å²) in [7, 11) is 0. The van der Waals surface area contributed by atoms with Gasteiger partial charge in [-0.3, -0.25) is 0 Å². The highest BCUT2D eigenvalue weighted by Crippen LogP contribution is 2.43. The summed E-state index contributed by atoms with van der Waals surface area (Å²) in [6, 6.07) is 48.7. The van der Waals surface area contributed by atoms with Gasteiger partial charge in [0.2, 0.25) is 0 Å². The van der Waals surface area contributed by atoms with Crippen LogP contribution in [-0.4, -0.2) is 9.13 Å². The number of benzene rings is 8. The molecule has 0 aliphatic rings. The number of hydrogen-bond donors (Lipinski definition) is 0. The maximum absolute atomic E-state index is 14.5. The van der Waals surface area contributed by atoms with Crippen molar-refractivity contribution in [1.29, 1.82) is 5.26 Å². The molecule has 2 heterocycles. The molecule has 0 aliphatic carbocycles. The van der Waals surface area contributed by atoms with Crippen LogP contribution >= 0.6 is 0 Å². The van der Waals surface area contributed by atoms with Gasteiger partial charge in [-0.15, -0.1) is 0 Å². The van der Waals surface area contributed by atoms with Crippen molar-refractivity contribution in [2.45, 2.75) is 54.6 Å². The van der Waals surface area contributed by atoms with Crippen LogP contribution in [0.15, 0.2) is 140 Å². The summed E-state index contributed by atoms with van der Waals surface area (Å²) in [5.41, 5.74) is 17.6. The zero-order chi connectivity index (χ0) is 44.1. The van der Waals surface area contributed by atoms with Crippen molar-refractivity contribution in [2.24, 2.45) is 0 Å². The van der Waals surface area contributed by atoms with Crippen molar-refractivity contribution in [3.05, 3.63) is 190 Å². The molecule has 0 amide bonds. The predicted octanol–water partition coefficient (Wildman–Crippen LogP) is 15.9. The fraction of sp³-hybridized carbons (Fsp3) is 0.140. The topological polar surface area (TPSA) is 33.6 Å². The highest BCUT2D eigenvalue weighted by Gasteiger charge is 2.31. The van der Waals surface area contributed by atoms with Gasteiger partial charge in [0.1, 0.15) is 11.6 Å². The largest absolute Gasteiger partial charge is 0.416 e. The Bertz CT molecular complexity index is 3350. The Morgan fingerprint density at radius 2 is 0.810 bits per heavy atom. The second-order valence-electron chi connectivity index (χ2n) is 17.3. The first-order chi connectivity index (χ1) is 30.2. The minimum atomic E-state index is -4.55. The molecule has 0 bridgehead atoms. The lowest BCUT2D eigenvalue weighted by molar-refractivity contribution is -0.137. The van der Waals surface area contributed by atoms with Gasteiger partial charge in [0.05, 0.1) is 39.0 Å². The quantitative estimate of drug-likeness (QED) is 0.170. The predicted molar refractivity (Wildman–Crippen MR) is 254 cm³/mol. The van der Waals surface area contributed by atoms with Crippen LogP contribution in [0.3, 0.4) is 0 Å². The SMILES string of the molecule is Cc1cc(-c2cc(-n3c4ccccc4c4cc(-c5c(C)cc(C)cc5C)ccc43)c(C#N)c(-n3c4ccccc4c4cc(-c5c(C)cc(C)cc5C)ccc43)c2)cc(C(F)(F)F)c1.